The van der Waals surface area contributed by atoms with E-state index in [1.165, 1.54) is 0 Å². The molecule has 2 aliphatic rings. The van der Waals surface area contributed by atoms with Gasteiger partial charge in [0.1, 0.15) is 4.90 Å². The van der Waals surface area contributed by atoms with Gasteiger partial charge in [0.2, 0.25) is 10.0 Å². The topological polar surface area (TPSA) is 42.3 Å². The van der Waals surface area contributed by atoms with Crippen LogP contribution in [-0.4, -0.2) is 30.4 Å². The maximum atomic E-state index is 12.8. The van der Waals surface area contributed by atoms with Crippen LogP contribution in [0.25, 0.3) is 0 Å². The second-order valence-electron chi connectivity index (χ2n) is 6.60. The maximum Gasteiger partial charge on any atom is 0.244 e. The summed E-state index contributed by atoms with van der Waals surface area (Å²) in [5.74, 6) is 1.36. The summed E-state index contributed by atoms with van der Waals surface area (Å²) < 4.78 is 29.3. The van der Waals surface area contributed by atoms with E-state index in [0.717, 1.165) is 25.0 Å². The van der Waals surface area contributed by atoms with Gasteiger partial charge in [-0.15, -0.1) is 11.6 Å². The zero-order valence-corrected chi connectivity index (χ0v) is 14.2. The van der Waals surface area contributed by atoms with Gasteiger partial charge >= 0.3 is 0 Å². The molecule has 2 heterocycles. The SMILES string of the molecule is CC(C)C1CCN(S(=O)(=O)c2cc(CCl)n(C3CC3)c2)C1. The van der Waals surface area contributed by atoms with Gasteiger partial charge < -0.3 is 4.57 Å². The normalized spacial score (nSPS) is 24.1. The lowest BCUT2D eigenvalue weighted by Gasteiger charge is -2.17. The summed E-state index contributed by atoms with van der Waals surface area (Å²) in [7, 11) is -3.37. The molecule has 1 atom stereocenters. The molecule has 0 bridgehead atoms. The third kappa shape index (κ3) is 2.88. The van der Waals surface area contributed by atoms with Gasteiger partial charge in [-0.3, -0.25) is 0 Å². The molecule has 1 aromatic rings. The first kappa shape index (κ1) is 15.4. The van der Waals surface area contributed by atoms with Gasteiger partial charge in [0.05, 0.1) is 5.88 Å². The van der Waals surface area contributed by atoms with Crippen LogP contribution in [0.2, 0.25) is 0 Å². The summed E-state index contributed by atoms with van der Waals surface area (Å²) in [6, 6.07) is 2.20. The standard InChI is InChI=1S/C15H23ClN2O2S/c1-11(2)12-5-6-17(9-12)21(19,20)15-7-14(8-16)18(10-15)13-3-4-13/h7,10-13H,3-6,8-9H2,1-2H3. The lowest BCUT2D eigenvalue weighted by Crippen LogP contribution is -2.29. The molecule has 2 fully saturated rings. The molecule has 0 radical (unpaired) electrons. The fourth-order valence-electron chi connectivity index (χ4n) is 3.10. The Morgan fingerprint density at radius 3 is 2.57 bits per heavy atom. The number of alkyl halides is 1. The van der Waals surface area contributed by atoms with Crippen molar-refractivity contribution in [3.63, 3.8) is 0 Å². The lowest BCUT2D eigenvalue weighted by atomic mass is 9.96. The van der Waals surface area contributed by atoms with Crippen molar-refractivity contribution in [2.75, 3.05) is 13.1 Å². The molecule has 1 aliphatic carbocycles. The zero-order chi connectivity index (χ0) is 15.2. The molecule has 0 spiro atoms. The Kier molecular flexibility index (Phi) is 4.10. The smallest absolute Gasteiger partial charge is 0.244 e. The van der Waals surface area contributed by atoms with E-state index in [1.54, 1.807) is 16.6 Å². The minimum atomic E-state index is -3.37. The van der Waals surface area contributed by atoms with Crippen molar-refractivity contribution in [2.45, 2.75) is 49.9 Å². The van der Waals surface area contributed by atoms with E-state index >= 15 is 0 Å². The van der Waals surface area contributed by atoms with Crippen LogP contribution < -0.4 is 0 Å². The summed E-state index contributed by atoms with van der Waals surface area (Å²) in [4.78, 5) is 0.412. The minimum absolute atomic E-state index is 0.362. The molecule has 21 heavy (non-hydrogen) atoms. The highest BCUT2D eigenvalue weighted by atomic mass is 35.5. The third-order valence-corrected chi connectivity index (χ3v) is 6.86. The van der Waals surface area contributed by atoms with Gasteiger partial charge in [-0.25, -0.2) is 8.42 Å². The number of hydrogen-bond donors (Lipinski definition) is 0. The number of halogens is 1. The molecule has 0 N–H and O–H groups in total. The predicted molar refractivity (Wildman–Crippen MR) is 84.0 cm³/mol. The van der Waals surface area contributed by atoms with Gasteiger partial charge in [0.25, 0.3) is 0 Å². The first-order chi connectivity index (χ1) is 9.93. The Labute approximate surface area is 132 Å². The number of aromatic nitrogens is 1. The van der Waals surface area contributed by atoms with Crippen LogP contribution >= 0.6 is 11.6 Å². The van der Waals surface area contributed by atoms with E-state index in [1.807, 2.05) is 0 Å². The largest absolute Gasteiger partial charge is 0.346 e. The summed E-state index contributed by atoms with van der Waals surface area (Å²) in [6.07, 6.45) is 4.99. The van der Waals surface area contributed by atoms with Crippen molar-refractivity contribution in [3.05, 3.63) is 18.0 Å². The predicted octanol–water partition coefficient (Wildman–Crippen LogP) is 3.23. The highest BCUT2D eigenvalue weighted by Gasteiger charge is 2.35. The van der Waals surface area contributed by atoms with Crippen LogP contribution in [0.5, 0.6) is 0 Å². The van der Waals surface area contributed by atoms with Gasteiger partial charge in [-0.2, -0.15) is 4.31 Å². The monoisotopic (exact) mass is 330 g/mol. The van der Waals surface area contributed by atoms with Crippen LogP contribution in [-0.2, 0) is 15.9 Å². The fourth-order valence-corrected chi connectivity index (χ4v) is 4.88. The van der Waals surface area contributed by atoms with Crippen molar-refractivity contribution >= 4 is 21.6 Å². The van der Waals surface area contributed by atoms with E-state index < -0.39 is 10.0 Å². The Morgan fingerprint density at radius 1 is 1.33 bits per heavy atom. The summed E-state index contributed by atoms with van der Waals surface area (Å²) in [6.45, 7) is 5.60. The average molecular weight is 331 g/mol. The van der Waals surface area contributed by atoms with Crippen LogP contribution in [0.4, 0.5) is 0 Å². The van der Waals surface area contributed by atoms with Gasteiger partial charge in [-0.05, 0) is 37.2 Å². The fraction of sp³-hybridized carbons (Fsp3) is 0.733. The van der Waals surface area contributed by atoms with Crippen LogP contribution in [0.15, 0.2) is 17.2 Å². The maximum absolute atomic E-state index is 12.8. The van der Waals surface area contributed by atoms with Gasteiger partial charge in [0.15, 0.2) is 0 Å². The molecule has 0 amide bonds. The number of sulfonamides is 1. The van der Waals surface area contributed by atoms with Crippen molar-refractivity contribution in [1.29, 1.82) is 0 Å². The molecule has 4 nitrogen and oxygen atoms in total. The second kappa shape index (κ2) is 5.60. The molecular formula is C15H23ClN2O2S. The Morgan fingerprint density at radius 2 is 2.05 bits per heavy atom. The molecule has 1 aromatic heterocycles. The summed E-state index contributed by atoms with van der Waals surface area (Å²) in [5, 5.41) is 0. The number of hydrogen-bond acceptors (Lipinski definition) is 2. The number of rotatable bonds is 5. The first-order valence-electron chi connectivity index (χ1n) is 7.70. The molecule has 3 rings (SSSR count). The average Bonchev–Trinajstić information content (AvgIpc) is 3.01. The second-order valence-corrected chi connectivity index (χ2v) is 8.80. The third-order valence-electron chi connectivity index (χ3n) is 4.75. The minimum Gasteiger partial charge on any atom is -0.346 e. The van der Waals surface area contributed by atoms with Gasteiger partial charge in [0, 0.05) is 31.0 Å². The van der Waals surface area contributed by atoms with Gasteiger partial charge in [-0.1, -0.05) is 13.8 Å². The Hall–Kier alpha value is -0.520. The van der Waals surface area contributed by atoms with Crippen LogP contribution in [0.1, 0.15) is 44.8 Å². The van der Waals surface area contributed by atoms with Crippen LogP contribution in [0, 0.1) is 11.8 Å². The molecule has 118 valence electrons. The van der Waals surface area contributed by atoms with E-state index in [4.69, 9.17) is 11.6 Å². The quantitative estimate of drug-likeness (QED) is 0.778. The summed E-state index contributed by atoms with van der Waals surface area (Å²) in [5.41, 5.74) is 0.914. The molecule has 1 aliphatic heterocycles. The molecule has 0 aromatic carbocycles. The highest BCUT2D eigenvalue weighted by molar-refractivity contribution is 7.89. The van der Waals surface area contributed by atoms with Crippen molar-refractivity contribution in [3.8, 4) is 0 Å². The molecule has 1 unspecified atom stereocenters. The lowest BCUT2D eigenvalue weighted by molar-refractivity contribution is 0.388. The zero-order valence-electron chi connectivity index (χ0n) is 12.6. The Bertz CT molecular complexity index is 620. The molecule has 6 heteroatoms. The molecular weight excluding hydrogens is 308 g/mol. The molecule has 1 saturated heterocycles. The highest BCUT2D eigenvalue weighted by Crippen LogP contribution is 2.38. The van der Waals surface area contributed by atoms with Crippen molar-refractivity contribution in [2.24, 2.45) is 11.8 Å². The van der Waals surface area contributed by atoms with Crippen molar-refractivity contribution in [1.82, 2.24) is 8.87 Å². The van der Waals surface area contributed by atoms with E-state index in [9.17, 15) is 8.42 Å². The van der Waals surface area contributed by atoms with E-state index in [0.29, 0.717) is 41.7 Å². The first-order valence-corrected chi connectivity index (χ1v) is 9.67. The van der Waals surface area contributed by atoms with E-state index in [2.05, 4.69) is 18.4 Å². The van der Waals surface area contributed by atoms with Crippen molar-refractivity contribution < 1.29 is 8.42 Å². The Balaban J connectivity index is 1.85. The molecule has 1 saturated carbocycles. The summed E-state index contributed by atoms with van der Waals surface area (Å²) >= 11 is 5.96. The van der Waals surface area contributed by atoms with Crippen LogP contribution in [0.3, 0.4) is 0 Å². The number of nitrogens with zero attached hydrogens (tertiary/aromatic N) is 2. The van der Waals surface area contributed by atoms with E-state index in [-0.39, 0.29) is 0 Å².